The zero-order valence-corrected chi connectivity index (χ0v) is 11.7. The standard InChI is InChI=1S/C16H11ClN4/c17-11-7-5-10(6-8-11)14-9-15-16(21-20-14)19-13-4-2-1-3-12(13)18-15/h1-9,18H,(H,19,21). The number of hydrogen-bond donors (Lipinski definition) is 2. The van der Waals surface area contributed by atoms with Gasteiger partial charge in [0.1, 0.15) is 0 Å². The Labute approximate surface area is 126 Å². The average molecular weight is 295 g/mol. The number of halogens is 1. The van der Waals surface area contributed by atoms with Crippen LogP contribution in [0.1, 0.15) is 0 Å². The van der Waals surface area contributed by atoms with Gasteiger partial charge in [-0.1, -0.05) is 35.9 Å². The predicted octanol–water partition coefficient (Wildman–Crippen LogP) is 4.60. The first-order valence-electron chi connectivity index (χ1n) is 6.56. The van der Waals surface area contributed by atoms with Gasteiger partial charge in [0, 0.05) is 10.6 Å². The van der Waals surface area contributed by atoms with Crippen molar-refractivity contribution >= 4 is 34.5 Å². The fourth-order valence-electron chi connectivity index (χ4n) is 2.31. The molecule has 1 aromatic heterocycles. The summed E-state index contributed by atoms with van der Waals surface area (Å²) >= 11 is 5.91. The zero-order chi connectivity index (χ0) is 14.2. The average Bonchev–Trinajstić information content (AvgIpc) is 2.53. The normalized spacial score (nSPS) is 11.9. The van der Waals surface area contributed by atoms with Gasteiger partial charge < -0.3 is 10.6 Å². The maximum absolute atomic E-state index is 5.91. The van der Waals surface area contributed by atoms with Crippen molar-refractivity contribution in [1.29, 1.82) is 0 Å². The van der Waals surface area contributed by atoms with Crippen LogP contribution in [0.15, 0.2) is 54.6 Å². The van der Waals surface area contributed by atoms with E-state index in [2.05, 4.69) is 20.8 Å². The molecule has 2 N–H and O–H groups in total. The molecular formula is C16H11ClN4. The van der Waals surface area contributed by atoms with E-state index < -0.39 is 0 Å². The monoisotopic (exact) mass is 294 g/mol. The fraction of sp³-hybridized carbons (Fsp3) is 0. The second-order valence-electron chi connectivity index (χ2n) is 4.79. The number of rotatable bonds is 1. The van der Waals surface area contributed by atoms with Crippen LogP contribution in [0.3, 0.4) is 0 Å². The molecule has 0 fully saturated rings. The highest BCUT2D eigenvalue weighted by Gasteiger charge is 2.16. The van der Waals surface area contributed by atoms with Crippen LogP contribution in [0, 0.1) is 0 Å². The molecule has 0 unspecified atom stereocenters. The minimum absolute atomic E-state index is 0.707. The molecule has 4 rings (SSSR count). The van der Waals surface area contributed by atoms with E-state index in [-0.39, 0.29) is 0 Å². The Kier molecular flexibility index (Phi) is 2.75. The molecule has 2 aromatic carbocycles. The number of para-hydroxylation sites is 2. The van der Waals surface area contributed by atoms with Crippen molar-refractivity contribution in [3.8, 4) is 11.3 Å². The van der Waals surface area contributed by atoms with Gasteiger partial charge in [-0.3, -0.25) is 0 Å². The van der Waals surface area contributed by atoms with Crippen LogP contribution in [0.5, 0.6) is 0 Å². The predicted molar refractivity (Wildman–Crippen MR) is 85.5 cm³/mol. The Morgan fingerprint density at radius 3 is 2.24 bits per heavy atom. The van der Waals surface area contributed by atoms with Crippen molar-refractivity contribution in [3.63, 3.8) is 0 Å². The van der Waals surface area contributed by atoms with Gasteiger partial charge in [0.15, 0.2) is 5.82 Å². The fourth-order valence-corrected chi connectivity index (χ4v) is 2.44. The molecule has 5 heteroatoms. The largest absolute Gasteiger partial charge is 0.351 e. The molecule has 102 valence electrons. The van der Waals surface area contributed by atoms with Gasteiger partial charge in [-0.25, -0.2) is 0 Å². The highest BCUT2D eigenvalue weighted by Crippen LogP contribution is 2.37. The van der Waals surface area contributed by atoms with E-state index in [0.29, 0.717) is 5.02 Å². The summed E-state index contributed by atoms with van der Waals surface area (Å²) in [6.07, 6.45) is 0. The smallest absolute Gasteiger partial charge is 0.176 e. The molecule has 0 aliphatic carbocycles. The van der Waals surface area contributed by atoms with Crippen molar-refractivity contribution in [1.82, 2.24) is 10.2 Å². The number of fused-ring (bicyclic) bond motifs is 2. The van der Waals surface area contributed by atoms with Crippen LogP contribution in [-0.2, 0) is 0 Å². The topological polar surface area (TPSA) is 49.8 Å². The number of benzene rings is 2. The van der Waals surface area contributed by atoms with E-state index in [4.69, 9.17) is 11.6 Å². The van der Waals surface area contributed by atoms with E-state index in [9.17, 15) is 0 Å². The first-order chi connectivity index (χ1) is 10.3. The minimum atomic E-state index is 0.707. The van der Waals surface area contributed by atoms with Crippen molar-refractivity contribution < 1.29 is 0 Å². The molecular weight excluding hydrogens is 284 g/mol. The summed E-state index contributed by atoms with van der Waals surface area (Å²) < 4.78 is 0. The lowest BCUT2D eigenvalue weighted by Gasteiger charge is -2.21. The molecule has 0 spiro atoms. The molecule has 0 atom stereocenters. The maximum Gasteiger partial charge on any atom is 0.176 e. The number of nitrogens with zero attached hydrogens (tertiary/aromatic N) is 2. The third-order valence-electron chi connectivity index (χ3n) is 3.38. The summed E-state index contributed by atoms with van der Waals surface area (Å²) in [5.74, 6) is 0.728. The SMILES string of the molecule is Clc1ccc(-c2cc3c(nn2)Nc2ccccc2N3)cc1. The van der Waals surface area contributed by atoms with E-state index in [1.807, 2.05) is 54.6 Å². The number of anilines is 4. The van der Waals surface area contributed by atoms with Crippen molar-refractivity contribution in [2.45, 2.75) is 0 Å². The van der Waals surface area contributed by atoms with Crippen LogP contribution < -0.4 is 10.6 Å². The van der Waals surface area contributed by atoms with Crippen LogP contribution in [0.25, 0.3) is 11.3 Å². The van der Waals surface area contributed by atoms with E-state index in [0.717, 1.165) is 34.1 Å². The van der Waals surface area contributed by atoms with Crippen LogP contribution >= 0.6 is 11.6 Å². The second-order valence-corrected chi connectivity index (χ2v) is 5.23. The summed E-state index contributed by atoms with van der Waals surface area (Å²) in [6, 6.07) is 17.5. The molecule has 4 nitrogen and oxygen atoms in total. The van der Waals surface area contributed by atoms with Crippen LogP contribution in [-0.4, -0.2) is 10.2 Å². The summed E-state index contributed by atoms with van der Waals surface area (Å²) in [5, 5.41) is 15.9. The highest BCUT2D eigenvalue weighted by molar-refractivity contribution is 6.30. The molecule has 1 aliphatic heterocycles. The van der Waals surface area contributed by atoms with Gasteiger partial charge in [-0.2, -0.15) is 0 Å². The molecule has 0 radical (unpaired) electrons. The Hall–Kier alpha value is -2.59. The lowest BCUT2D eigenvalue weighted by atomic mass is 10.1. The molecule has 2 heterocycles. The Balaban J connectivity index is 1.74. The van der Waals surface area contributed by atoms with Crippen LogP contribution in [0.2, 0.25) is 5.02 Å². The van der Waals surface area contributed by atoms with Gasteiger partial charge in [0.25, 0.3) is 0 Å². The minimum Gasteiger partial charge on any atom is -0.351 e. The van der Waals surface area contributed by atoms with Crippen LogP contribution in [0.4, 0.5) is 22.9 Å². The van der Waals surface area contributed by atoms with Gasteiger partial charge in [-0.15, -0.1) is 10.2 Å². The summed E-state index contributed by atoms with van der Waals surface area (Å²) in [4.78, 5) is 0. The van der Waals surface area contributed by atoms with Crippen molar-refractivity contribution in [3.05, 3.63) is 59.6 Å². The Bertz CT molecular complexity index is 815. The summed E-state index contributed by atoms with van der Waals surface area (Å²) in [5.41, 5.74) is 4.72. The first-order valence-corrected chi connectivity index (χ1v) is 6.94. The summed E-state index contributed by atoms with van der Waals surface area (Å²) in [6.45, 7) is 0. The molecule has 0 bridgehead atoms. The molecule has 0 saturated carbocycles. The number of aromatic nitrogens is 2. The van der Waals surface area contributed by atoms with E-state index >= 15 is 0 Å². The van der Waals surface area contributed by atoms with Gasteiger partial charge in [0.05, 0.1) is 22.8 Å². The number of hydrogen-bond acceptors (Lipinski definition) is 4. The van der Waals surface area contributed by atoms with E-state index in [1.165, 1.54) is 0 Å². The Morgan fingerprint density at radius 1 is 0.762 bits per heavy atom. The quantitative estimate of drug-likeness (QED) is 0.539. The lowest BCUT2D eigenvalue weighted by molar-refractivity contribution is 1.04. The highest BCUT2D eigenvalue weighted by atomic mass is 35.5. The van der Waals surface area contributed by atoms with Gasteiger partial charge >= 0.3 is 0 Å². The summed E-state index contributed by atoms with van der Waals surface area (Å²) in [7, 11) is 0. The van der Waals surface area contributed by atoms with Gasteiger partial charge in [-0.05, 0) is 30.3 Å². The molecule has 0 saturated heterocycles. The number of nitrogens with one attached hydrogen (secondary N) is 2. The van der Waals surface area contributed by atoms with Crippen molar-refractivity contribution in [2.75, 3.05) is 10.6 Å². The molecule has 0 amide bonds. The molecule has 3 aromatic rings. The first kappa shape index (κ1) is 12.2. The third-order valence-corrected chi connectivity index (χ3v) is 3.64. The molecule has 1 aliphatic rings. The Morgan fingerprint density at radius 2 is 1.48 bits per heavy atom. The second kappa shape index (κ2) is 4.75. The van der Waals surface area contributed by atoms with E-state index in [1.54, 1.807) is 0 Å². The zero-order valence-electron chi connectivity index (χ0n) is 11.0. The maximum atomic E-state index is 5.91. The van der Waals surface area contributed by atoms with Crippen molar-refractivity contribution in [2.24, 2.45) is 0 Å². The third kappa shape index (κ3) is 2.19. The van der Waals surface area contributed by atoms with Gasteiger partial charge in [0.2, 0.25) is 0 Å². The molecule has 21 heavy (non-hydrogen) atoms. The lowest BCUT2D eigenvalue weighted by Crippen LogP contribution is -2.09.